The number of H-pyrrole nitrogens is 1. The predicted octanol–water partition coefficient (Wildman–Crippen LogP) is 2.52. The second kappa shape index (κ2) is 5.12. The molecule has 1 aliphatic rings. The zero-order valence-electron chi connectivity index (χ0n) is 10.9. The van der Waals surface area contributed by atoms with Crippen molar-refractivity contribution in [2.24, 2.45) is 0 Å². The third kappa shape index (κ3) is 2.16. The third-order valence-electron chi connectivity index (χ3n) is 3.94. The molecule has 0 bridgehead atoms. The Balaban J connectivity index is 1.89. The van der Waals surface area contributed by atoms with Gasteiger partial charge in [0, 0.05) is 43.9 Å². The van der Waals surface area contributed by atoms with E-state index in [1.807, 2.05) is 6.20 Å². The number of piperazine rings is 1. The quantitative estimate of drug-likeness (QED) is 0.868. The van der Waals surface area contributed by atoms with Gasteiger partial charge in [0.05, 0.1) is 0 Å². The van der Waals surface area contributed by atoms with Crippen LogP contribution in [0.2, 0.25) is 0 Å². The number of hydrogen-bond donors (Lipinski definition) is 2. The van der Waals surface area contributed by atoms with Crippen LogP contribution in [0.15, 0.2) is 30.5 Å². The summed E-state index contributed by atoms with van der Waals surface area (Å²) in [5.41, 5.74) is 2.68. The highest BCUT2D eigenvalue weighted by atomic mass is 15.2. The molecule has 2 N–H and O–H groups in total. The van der Waals surface area contributed by atoms with Crippen LogP contribution in [0.1, 0.15) is 24.9 Å². The lowest BCUT2D eigenvalue weighted by Crippen LogP contribution is -2.45. The Morgan fingerprint density at radius 2 is 2.06 bits per heavy atom. The summed E-state index contributed by atoms with van der Waals surface area (Å²) in [5, 5.41) is 4.74. The van der Waals surface area contributed by atoms with Gasteiger partial charge in [-0.25, -0.2) is 0 Å². The molecule has 3 heteroatoms. The van der Waals surface area contributed by atoms with E-state index in [-0.39, 0.29) is 0 Å². The summed E-state index contributed by atoms with van der Waals surface area (Å²) in [6, 6.07) is 9.53. The van der Waals surface area contributed by atoms with Crippen molar-refractivity contribution in [1.82, 2.24) is 15.2 Å². The first kappa shape index (κ1) is 11.8. The first-order valence-corrected chi connectivity index (χ1v) is 6.90. The SMILES string of the molecule is CC[C@@H](c1ccc2[nH]ccc2c1)N1CCNCC1. The van der Waals surface area contributed by atoms with Gasteiger partial charge < -0.3 is 10.3 Å². The van der Waals surface area contributed by atoms with Crippen LogP contribution < -0.4 is 5.32 Å². The number of rotatable bonds is 3. The maximum atomic E-state index is 3.42. The number of nitrogens with zero attached hydrogens (tertiary/aromatic N) is 1. The van der Waals surface area contributed by atoms with Crippen molar-refractivity contribution in [3.8, 4) is 0 Å². The molecule has 0 radical (unpaired) electrons. The van der Waals surface area contributed by atoms with Crippen LogP contribution in [-0.4, -0.2) is 36.1 Å². The van der Waals surface area contributed by atoms with E-state index in [9.17, 15) is 0 Å². The second-order valence-corrected chi connectivity index (χ2v) is 5.03. The molecule has 2 heterocycles. The molecule has 0 amide bonds. The standard InChI is InChI=1S/C15H21N3/c1-2-15(18-9-7-16-8-10-18)13-3-4-14-12(11-13)5-6-17-14/h3-6,11,15-17H,2,7-10H2,1H3/t15-/m0/s1. The van der Waals surface area contributed by atoms with Crippen molar-refractivity contribution in [2.75, 3.05) is 26.2 Å². The lowest BCUT2D eigenvalue weighted by Gasteiger charge is -2.34. The molecule has 1 saturated heterocycles. The van der Waals surface area contributed by atoms with Crippen LogP contribution in [0.4, 0.5) is 0 Å². The monoisotopic (exact) mass is 243 g/mol. The van der Waals surface area contributed by atoms with Crippen molar-refractivity contribution >= 4 is 10.9 Å². The van der Waals surface area contributed by atoms with Crippen LogP contribution in [0.3, 0.4) is 0 Å². The molecule has 2 aromatic rings. The van der Waals surface area contributed by atoms with E-state index in [4.69, 9.17) is 0 Å². The Morgan fingerprint density at radius 1 is 1.22 bits per heavy atom. The van der Waals surface area contributed by atoms with Gasteiger partial charge in [-0.15, -0.1) is 0 Å². The van der Waals surface area contributed by atoms with Gasteiger partial charge in [0.25, 0.3) is 0 Å². The van der Waals surface area contributed by atoms with Gasteiger partial charge >= 0.3 is 0 Å². The van der Waals surface area contributed by atoms with Gasteiger partial charge in [-0.3, -0.25) is 4.90 Å². The first-order valence-electron chi connectivity index (χ1n) is 6.90. The maximum absolute atomic E-state index is 3.42. The van der Waals surface area contributed by atoms with E-state index in [1.54, 1.807) is 0 Å². The minimum atomic E-state index is 0.561. The fraction of sp³-hybridized carbons (Fsp3) is 0.467. The molecule has 1 aromatic heterocycles. The molecule has 0 aliphatic carbocycles. The van der Waals surface area contributed by atoms with Crippen molar-refractivity contribution in [3.05, 3.63) is 36.0 Å². The number of hydrogen-bond acceptors (Lipinski definition) is 2. The average Bonchev–Trinajstić information content (AvgIpc) is 2.88. The second-order valence-electron chi connectivity index (χ2n) is 5.03. The van der Waals surface area contributed by atoms with Crippen LogP contribution in [-0.2, 0) is 0 Å². The molecular formula is C15H21N3. The summed E-state index contributed by atoms with van der Waals surface area (Å²) in [4.78, 5) is 5.86. The van der Waals surface area contributed by atoms with Gasteiger partial charge in [0.15, 0.2) is 0 Å². The van der Waals surface area contributed by atoms with E-state index in [2.05, 4.69) is 46.4 Å². The largest absolute Gasteiger partial charge is 0.361 e. The van der Waals surface area contributed by atoms with Crippen molar-refractivity contribution in [3.63, 3.8) is 0 Å². The highest BCUT2D eigenvalue weighted by Crippen LogP contribution is 2.27. The molecule has 1 aliphatic heterocycles. The average molecular weight is 243 g/mol. The third-order valence-corrected chi connectivity index (χ3v) is 3.94. The zero-order valence-corrected chi connectivity index (χ0v) is 10.9. The summed E-state index contributed by atoms with van der Waals surface area (Å²) in [7, 11) is 0. The lowest BCUT2D eigenvalue weighted by atomic mass is 10.0. The summed E-state index contributed by atoms with van der Waals surface area (Å²) in [6.45, 7) is 6.83. The molecule has 1 fully saturated rings. The lowest BCUT2D eigenvalue weighted by molar-refractivity contribution is 0.169. The number of aromatic amines is 1. The predicted molar refractivity (Wildman–Crippen MR) is 75.8 cm³/mol. The van der Waals surface area contributed by atoms with E-state index in [1.165, 1.54) is 22.9 Å². The van der Waals surface area contributed by atoms with E-state index in [0.717, 1.165) is 26.2 Å². The van der Waals surface area contributed by atoms with Crippen molar-refractivity contribution < 1.29 is 0 Å². The summed E-state index contributed by atoms with van der Waals surface area (Å²) >= 11 is 0. The number of nitrogens with one attached hydrogen (secondary N) is 2. The minimum Gasteiger partial charge on any atom is -0.361 e. The van der Waals surface area contributed by atoms with E-state index >= 15 is 0 Å². The van der Waals surface area contributed by atoms with Gasteiger partial charge in [0.2, 0.25) is 0 Å². The topological polar surface area (TPSA) is 31.1 Å². The van der Waals surface area contributed by atoms with Crippen LogP contribution >= 0.6 is 0 Å². The summed E-state index contributed by atoms with van der Waals surface area (Å²) in [5.74, 6) is 0. The summed E-state index contributed by atoms with van der Waals surface area (Å²) in [6.07, 6.45) is 3.19. The van der Waals surface area contributed by atoms with Crippen LogP contribution in [0.5, 0.6) is 0 Å². The van der Waals surface area contributed by atoms with Crippen LogP contribution in [0, 0.1) is 0 Å². The van der Waals surface area contributed by atoms with E-state index in [0.29, 0.717) is 6.04 Å². The van der Waals surface area contributed by atoms with Gasteiger partial charge in [-0.05, 0) is 35.6 Å². The van der Waals surface area contributed by atoms with Gasteiger partial charge in [0.1, 0.15) is 0 Å². The van der Waals surface area contributed by atoms with Gasteiger partial charge in [-0.2, -0.15) is 0 Å². The molecule has 3 rings (SSSR count). The molecule has 18 heavy (non-hydrogen) atoms. The molecule has 0 saturated carbocycles. The highest BCUT2D eigenvalue weighted by Gasteiger charge is 2.20. The van der Waals surface area contributed by atoms with Gasteiger partial charge in [-0.1, -0.05) is 13.0 Å². The molecule has 1 aromatic carbocycles. The molecule has 1 atom stereocenters. The molecule has 3 nitrogen and oxygen atoms in total. The molecule has 96 valence electrons. The zero-order chi connectivity index (χ0) is 12.4. The summed E-state index contributed by atoms with van der Waals surface area (Å²) < 4.78 is 0. The molecular weight excluding hydrogens is 222 g/mol. The first-order chi connectivity index (χ1) is 8.88. The molecule has 0 unspecified atom stereocenters. The minimum absolute atomic E-state index is 0.561. The smallest absolute Gasteiger partial charge is 0.0454 e. The Kier molecular flexibility index (Phi) is 3.35. The number of benzene rings is 1. The van der Waals surface area contributed by atoms with Crippen LogP contribution in [0.25, 0.3) is 10.9 Å². The number of fused-ring (bicyclic) bond motifs is 1. The Hall–Kier alpha value is -1.32. The normalized spacial score (nSPS) is 19.2. The highest BCUT2D eigenvalue weighted by molar-refractivity contribution is 5.80. The van der Waals surface area contributed by atoms with Crippen molar-refractivity contribution in [2.45, 2.75) is 19.4 Å². The Labute approximate surface area is 108 Å². The fourth-order valence-electron chi connectivity index (χ4n) is 2.98. The molecule has 0 spiro atoms. The van der Waals surface area contributed by atoms with E-state index < -0.39 is 0 Å². The number of aromatic nitrogens is 1. The fourth-order valence-corrected chi connectivity index (χ4v) is 2.98. The van der Waals surface area contributed by atoms with Crippen molar-refractivity contribution in [1.29, 1.82) is 0 Å². The Bertz CT molecular complexity index is 511. The Morgan fingerprint density at radius 3 is 2.83 bits per heavy atom. The maximum Gasteiger partial charge on any atom is 0.0454 e.